The van der Waals surface area contributed by atoms with E-state index in [0.717, 1.165) is 17.8 Å². The van der Waals surface area contributed by atoms with E-state index in [1.54, 1.807) is 31.4 Å². The number of nitrogens with one attached hydrogen (secondary N) is 1. The van der Waals surface area contributed by atoms with Gasteiger partial charge < -0.3 is 10.1 Å². The van der Waals surface area contributed by atoms with Crippen molar-refractivity contribution in [3.63, 3.8) is 0 Å². The minimum atomic E-state index is -4.31. The summed E-state index contributed by atoms with van der Waals surface area (Å²) in [5.74, 6) is 0.678. The largest absolute Gasteiger partial charge is 0.497 e. The fraction of sp³-hybridized carbons (Fsp3) is 0.143. The third-order valence-electron chi connectivity index (χ3n) is 2.57. The van der Waals surface area contributed by atoms with E-state index >= 15 is 0 Å². The monoisotopic (exact) mass is 267 g/mol. The standard InChI is InChI=1S/C14H12F3NO/c1-19-13-4-2-3-12(9-13)18-11-7-5-10(6-8-11)14(15,16)17/h2-9,18H,1H3. The smallest absolute Gasteiger partial charge is 0.416 e. The van der Waals surface area contributed by atoms with Crippen molar-refractivity contribution in [2.24, 2.45) is 0 Å². The van der Waals surface area contributed by atoms with Crippen LogP contribution in [-0.4, -0.2) is 7.11 Å². The highest BCUT2D eigenvalue weighted by Gasteiger charge is 2.29. The predicted molar refractivity (Wildman–Crippen MR) is 67.7 cm³/mol. The van der Waals surface area contributed by atoms with E-state index in [4.69, 9.17) is 4.74 Å². The zero-order valence-corrected chi connectivity index (χ0v) is 10.2. The van der Waals surface area contributed by atoms with Crippen LogP contribution in [0.15, 0.2) is 48.5 Å². The molecular formula is C14H12F3NO. The molecule has 0 aromatic heterocycles. The van der Waals surface area contributed by atoms with Crippen LogP contribution in [0.1, 0.15) is 5.56 Å². The highest BCUT2D eigenvalue weighted by Crippen LogP contribution is 2.30. The molecule has 0 spiro atoms. The Labute approximate surface area is 108 Å². The van der Waals surface area contributed by atoms with Crippen molar-refractivity contribution in [2.75, 3.05) is 12.4 Å². The molecule has 100 valence electrons. The Balaban J connectivity index is 2.15. The lowest BCUT2D eigenvalue weighted by atomic mass is 10.2. The molecule has 0 aliphatic rings. The van der Waals surface area contributed by atoms with Gasteiger partial charge in [-0.3, -0.25) is 0 Å². The van der Waals surface area contributed by atoms with E-state index in [2.05, 4.69) is 5.32 Å². The molecule has 0 fully saturated rings. The van der Waals surface area contributed by atoms with Crippen LogP contribution in [0.25, 0.3) is 0 Å². The summed E-state index contributed by atoms with van der Waals surface area (Å²) in [5.41, 5.74) is 0.670. The van der Waals surface area contributed by atoms with Crippen LogP contribution in [0, 0.1) is 0 Å². The molecule has 19 heavy (non-hydrogen) atoms. The average molecular weight is 267 g/mol. The Morgan fingerprint density at radius 2 is 1.63 bits per heavy atom. The highest BCUT2D eigenvalue weighted by atomic mass is 19.4. The number of anilines is 2. The number of hydrogen-bond donors (Lipinski definition) is 1. The lowest BCUT2D eigenvalue weighted by Gasteiger charge is -2.10. The lowest BCUT2D eigenvalue weighted by molar-refractivity contribution is -0.137. The summed E-state index contributed by atoms with van der Waals surface area (Å²) >= 11 is 0. The minimum Gasteiger partial charge on any atom is -0.497 e. The van der Waals surface area contributed by atoms with Crippen LogP contribution >= 0.6 is 0 Å². The molecule has 2 aromatic rings. The third kappa shape index (κ3) is 3.40. The van der Waals surface area contributed by atoms with Gasteiger partial charge in [-0.1, -0.05) is 6.07 Å². The van der Waals surface area contributed by atoms with Crippen LogP contribution in [-0.2, 0) is 6.18 Å². The molecule has 0 aliphatic heterocycles. The van der Waals surface area contributed by atoms with Gasteiger partial charge in [-0.25, -0.2) is 0 Å². The molecule has 0 aliphatic carbocycles. The summed E-state index contributed by atoms with van der Waals surface area (Å²) in [6.45, 7) is 0. The number of methoxy groups -OCH3 is 1. The summed E-state index contributed by atoms with van der Waals surface area (Å²) in [4.78, 5) is 0. The van der Waals surface area contributed by atoms with Crippen molar-refractivity contribution in [3.05, 3.63) is 54.1 Å². The van der Waals surface area contributed by atoms with Gasteiger partial charge in [0.2, 0.25) is 0 Å². The maximum absolute atomic E-state index is 12.4. The van der Waals surface area contributed by atoms with E-state index in [-0.39, 0.29) is 0 Å². The SMILES string of the molecule is COc1cccc(Nc2ccc(C(F)(F)F)cc2)c1. The number of hydrogen-bond acceptors (Lipinski definition) is 2. The van der Waals surface area contributed by atoms with Crippen molar-refractivity contribution in [1.29, 1.82) is 0 Å². The predicted octanol–water partition coefficient (Wildman–Crippen LogP) is 4.46. The zero-order valence-electron chi connectivity index (χ0n) is 10.2. The first kappa shape index (κ1) is 13.3. The number of alkyl halides is 3. The van der Waals surface area contributed by atoms with Crippen LogP contribution < -0.4 is 10.1 Å². The Bertz CT molecular complexity index is 549. The maximum atomic E-state index is 12.4. The normalized spacial score (nSPS) is 11.2. The van der Waals surface area contributed by atoms with E-state index in [9.17, 15) is 13.2 Å². The summed E-state index contributed by atoms with van der Waals surface area (Å²) in [7, 11) is 1.55. The number of ether oxygens (including phenoxy) is 1. The average Bonchev–Trinajstić information content (AvgIpc) is 2.38. The molecule has 0 saturated carbocycles. The second-order valence-electron chi connectivity index (χ2n) is 3.93. The fourth-order valence-electron chi connectivity index (χ4n) is 1.61. The molecule has 2 rings (SSSR count). The van der Waals surface area contributed by atoms with Gasteiger partial charge in [0.05, 0.1) is 12.7 Å². The summed E-state index contributed by atoms with van der Waals surface area (Å²) in [6, 6.07) is 12.0. The van der Waals surface area contributed by atoms with Gasteiger partial charge in [0.1, 0.15) is 5.75 Å². The van der Waals surface area contributed by atoms with Gasteiger partial charge in [0.15, 0.2) is 0 Å². The van der Waals surface area contributed by atoms with Crippen LogP contribution in [0.5, 0.6) is 5.75 Å². The quantitative estimate of drug-likeness (QED) is 0.886. The van der Waals surface area contributed by atoms with Gasteiger partial charge in [-0.05, 0) is 36.4 Å². The van der Waals surface area contributed by atoms with Gasteiger partial charge in [0.25, 0.3) is 0 Å². The number of halogens is 3. The van der Waals surface area contributed by atoms with E-state index < -0.39 is 11.7 Å². The minimum absolute atomic E-state index is 0.584. The number of rotatable bonds is 3. The van der Waals surface area contributed by atoms with Gasteiger partial charge in [-0.15, -0.1) is 0 Å². The van der Waals surface area contributed by atoms with E-state index in [1.165, 1.54) is 12.1 Å². The Morgan fingerprint density at radius 1 is 0.947 bits per heavy atom. The van der Waals surface area contributed by atoms with Gasteiger partial charge >= 0.3 is 6.18 Å². The fourth-order valence-corrected chi connectivity index (χ4v) is 1.61. The molecule has 0 heterocycles. The summed E-state index contributed by atoms with van der Waals surface area (Å²) < 4.78 is 42.3. The van der Waals surface area contributed by atoms with Crippen LogP contribution in [0.2, 0.25) is 0 Å². The second-order valence-corrected chi connectivity index (χ2v) is 3.93. The first-order chi connectivity index (χ1) is 8.99. The van der Waals surface area contributed by atoms with Crippen LogP contribution in [0.4, 0.5) is 24.5 Å². The molecular weight excluding hydrogens is 255 g/mol. The van der Waals surface area contributed by atoms with Crippen molar-refractivity contribution >= 4 is 11.4 Å². The second kappa shape index (κ2) is 5.22. The molecule has 0 saturated heterocycles. The molecule has 0 radical (unpaired) electrons. The molecule has 0 atom stereocenters. The van der Waals surface area contributed by atoms with Crippen molar-refractivity contribution in [1.82, 2.24) is 0 Å². The molecule has 1 N–H and O–H groups in total. The summed E-state index contributed by atoms with van der Waals surface area (Å²) in [6.07, 6.45) is -4.31. The molecule has 5 heteroatoms. The zero-order chi connectivity index (χ0) is 13.9. The summed E-state index contributed by atoms with van der Waals surface area (Å²) in [5, 5.41) is 3.01. The van der Waals surface area contributed by atoms with E-state index in [1.807, 2.05) is 0 Å². The van der Waals surface area contributed by atoms with Gasteiger partial charge in [-0.2, -0.15) is 13.2 Å². The first-order valence-corrected chi connectivity index (χ1v) is 5.57. The topological polar surface area (TPSA) is 21.3 Å². The van der Waals surface area contributed by atoms with E-state index in [0.29, 0.717) is 11.4 Å². The third-order valence-corrected chi connectivity index (χ3v) is 2.57. The molecule has 0 bridgehead atoms. The number of benzene rings is 2. The highest BCUT2D eigenvalue weighted by molar-refractivity contribution is 5.61. The van der Waals surface area contributed by atoms with Crippen molar-refractivity contribution in [2.45, 2.75) is 6.18 Å². The molecule has 2 nitrogen and oxygen atoms in total. The Kier molecular flexibility index (Phi) is 3.64. The van der Waals surface area contributed by atoms with Crippen LogP contribution in [0.3, 0.4) is 0 Å². The Hall–Kier alpha value is -2.17. The maximum Gasteiger partial charge on any atom is 0.416 e. The van der Waals surface area contributed by atoms with Crippen molar-refractivity contribution in [3.8, 4) is 5.75 Å². The van der Waals surface area contributed by atoms with Crippen molar-refractivity contribution < 1.29 is 17.9 Å². The lowest BCUT2D eigenvalue weighted by Crippen LogP contribution is -2.04. The molecule has 2 aromatic carbocycles. The molecule has 0 amide bonds. The Morgan fingerprint density at radius 3 is 2.21 bits per heavy atom. The van der Waals surface area contributed by atoms with Gasteiger partial charge in [0, 0.05) is 17.4 Å². The first-order valence-electron chi connectivity index (χ1n) is 5.57. The molecule has 0 unspecified atom stereocenters.